The topological polar surface area (TPSA) is 71.1 Å². The Morgan fingerprint density at radius 3 is 2.49 bits per heavy atom. The summed E-state index contributed by atoms with van der Waals surface area (Å²) in [4.78, 5) is 31.1. The van der Waals surface area contributed by atoms with Crippen LogP contribution in [0.3, 0.4) is 0 Å². The van der Waals surface area contributed by atoms with Crippen LogP contribution in [0.4, 0.5) is 10.8 Å². The number of carbonyl (C=O) groups excluding carboxylic acids is 2. The van der Waals surface area contributed by atoms with Crippen LogP contribution in [0.15, 0.2) is 93.6 Å². The molecule has 0 bridgehead atoms. The van der Waals surface area contributed by atoms with Gasteiger partial charge in [-0.1, -0.05) is 64.5 Å². The zero-order valence-electron chi connectivity index (χ0n) is 18.6. The second-order valence-electron chi connectivity index (χ2n) is 8.23. The third-order valence-electron chi connectivity index (χ3n) is 5.52. The van der Waals surface area contributed by atoms with Crippen LogP contribution in [-0.2, 0) is 9.59 Å². The maximum atomic E-state index is 13.4. The predicted molar refractivity (Wildman–Crippen MR) is 147 cm³/mol. The van der Waals surface area contributed by atoms with Crippen LogP contribution in [0.2, 0.25) is 0 Å². The van der Waals surface area contributed by atoms with E-state index in [4.69, 9.17) is 0 Å². The molecule has 1 aliphatic carbocycles. The normalized spacial score (nSPS) is 13.7. The van der Waals surface area contributed by atoms with Crippen LogP contribution < -0.4 is 10.6 Å². The minimum absolute atomic E-state index is 0.0647. The van der Waals surface area contributed by atoms with Crippen LogP contribution in [0, 0.1) is 5.92 Å². The van der Waals surface area contributed by atoms with Crippen molar-refractivity contribution in [2.75, 3.05) is 10.6 Å². The van der Waals surface area contributed by atoms with Gasteiger partial charge in [-0.15, -0.1) is 23.1 Å². The maximum Gasteiger partial charge on any atom is 0.244 e. The molecule has 4 aromatic rings. The number of carbonyl (C=O) groups is 2. The van der Waals surface area contributed by atoms with Gasteiger partial charge in [-0.05, 0) is 48.7 Å². The van der Waals surface area contributed by atoms with Gasteiger partial charge < -0.3 is 10.6 Å². The van der Waals surface area contributed by atoms with E-state index in [1.807, 2.05) is 84.2 Å². The van der Waals surface area contributed by atoms with Gasteiger partial charge in [0.05, 0.1) is 5.69 Å². The van der Waals surface area contributed by atoms with Crippen molar-refractivity contribution >= 4 is 61.7 Å². The molecule has 0 aliphatic heterocycles. The standard InChI is InChI=1S/C27H22BrN3O2S2/c28-20-13-11-17(12-14-20)23-16-34-27(30-23)31-26(33)24(18-5-2-1-3-6-18)35-22-8-4-7-21(15-22)29-25(32)19-9-10-19/h1-8,11-16,19,24H,9-10H2,(H,29,32)(H,30,31,33). The van der Waals surface area contributed by atoms with Crippen molar-refractivity contribution in [1.82, 2.24) is 4.98 Å². The molecule has 2 amide bonds. The SMILES string of the molecule is O=C(Nc1cccc(SC(C(=O)Nc2nc(-c3ccc(Br)cc3)cs2)c2ccccc2)c1)C1CC1. The van der Waals surface area contributed by atoms with Gasteiger partial charge >= 0.3 is 0 Å². The summed E-state index contributed by atoms with van der Waals surface area (Å²) >= 11 is 6.30. The molecule has 176 valence electrons. The van der Waals surface area contributed by atoms with E-state index in [1.165, 1.54) is 23.1 Å². The summed E-state index contributed by atoms with van der Waals surface area (Å²) in [7, 11) is 0. The first-order valence-electron chi connectivity index (χ1n) is 11.2. The molecule has 1 saturated carbocycles. The quantitative estimate of drug-likeness (QED) is 0.219. The second-order valence-corrected chi connectivity index (χ2v) is 11.2. The zero-order chi connectivity index (χ0) is 24.2. The van der Waals surface area contributed by atoms with E-state index in [0.717, 1.165) is 44.7 Å². The van der Waals surface area contributed by atoms with Crippen LogP contribution in [0.5, 0.6) is 0 Å². The van der Waals surface area contributed by atoms with E-state index in [9.17, 15) is 9.59 Å². The molecule has 1 fully saturated rings. The van der Waals surface area contributed by atoms with Gasteiger partial charge in [-0.2, -0.15) is 0 Å². The lowest BCUT2D eigenvalue weighted by atomic mass is 10.1. The van der Waals surface area contributed by atoms with Crippen molar-refractivity contribution in [2.24, 2.45) is 5.92 Å². The average molecular weight is 565 g/mol. The van der Waals surface area contributed by atoms with E-state index in [2.05, 4.69) is 31.5 Å². The van der Waals surface area contributed by atoms with Crippen molar-refractivity contribution in [3.63, 3.8) is 0 Å². The van der Waals surface area contributed by atoms with Crippen molar-refractivity contribution in [2.45, 2.75) is 23.0 Å². The number of thiazole rings is 1. The summed E-state index contributed by atoms with van der Waals surface area (Å²) in [5.41, 5.74) is 3.45. The average Bonchev–Trinajstić information content (AvgIpc) is 3.63. The zero-order valence-corrected chi connectivity index (χ0v) is 21.8. The molecule has 1 aliphatic rings. The number of hydrogen-bond acceptors (Lipinski definition) is 5. The molecule has 1 heterocycles. The van der Waals surface area contributed by atoms with Gasteiger partial charge in [-0.25, -0.2) is 4.98 Å². The molecule has 2 N–H and O–H groups in total. The number of hydrogen-bond donors (Lipinski definition) is 2. The first kappa shape index (κ1) is 23.8. The Kier molecular flexibility index (Phi) is 7.32. The second kappa shape index (κ2) is 10.8. The fraction of sp³-hybridized carbons (Fsp3) is 0.148. The first-order valence-corrected chi connectivity index (χ1v) is 13.8. The number of amides is 2. The van der Waals surface area contributed by atoms with Gasteiger partial charge in [0.2, 0.25) is 11.8 Å². The Bertz CT molecular complexity index is 1340. The highest BCUT2D eigenvalue weighted by atomic mass is 79.9. The number of nitrogens with zero attached hydrogens (tertiary/aromatic N) is 1. The fourth-order valence-corrected chi connectivity index (χ4v) is 5.60. The summed E-state index contributed by atoms with van der Waals surface area (Å²) in [5, 5.41) is 8.00. The molecule has 5 nitrogen and oxygen atoms in total. The maximum absolute atomic E-state index is 13.4. The molecule has 1 unspecified atom stereocenters. The van der Waals surface area contributed by atoms with Crippen molar-refractivity contribution in [1.29, 1.82) is 0 Å². The highest BCUT2D eigenvalue weighted by Gasteiger charge is 2.29. The lowest BCUT2D eigenvalue weighted by Gasteiger charge is -2.17. The summed E-state index contributed by atoms with van der Waals surface area (Å²) < 4.78 is 1.00. The molecule has 35 heavy (non-hydrogen) atoms. The lowest BCUT2D eigenvalue weighted by Crippen LogP contribution is -2.19. The molecule has 8 heteroatoms. The van der Waals surface area contributed by atoms with Crippen molar-refractivity contribution in [3.8, 4) is 11.3 Å². The van der Waals surface area contributed by atoms with Gasteiger partial charge in [0.1, 0.15) is 5.25 Å². The van der Waals surface area contributed by atoms with E-state index < -0.39 is 5.25 Å². The third-order valence-corrected chi connectivity index (χ3v) is 8.05. The predicted octanol–water partition coefficient (Wildman–Crippen LogP) is 7.39. The molecule has 0 spiro atoms. The largest absolute Gasteiger partial charge is 0.326 e. The summed E-state index contributed by atoms with van der Waals surface area (Å²) in [6, 6.07) is 25.3. The van der Waals surface area contributed by atoms with Gasteiger partial charge in [0, 0.05) is 31.9 Å². The van der Waals surface area contributed by atoms with E-state index >= 15 is 0 Å². The smallest absolute Gasteiger partial charge is 0.244 e. The van der Waals surface area contributed by atoms with Crippen molar-refractivity contribution < 1.29 is 9.59 Å². The Morgan fingerprint density at radius 2 is 1.74 bits per heavy atom. The van der Waals surface area contributed by atoms with Crippen molar-refractivity contribution in [3.05, 3.63) is 94.3 Å². The summed E-state index contributed by atoms with van der Waals surface area (Å²) in [6.45, 7) is 0. The minimum atomic E-state index is -0.481. The number of halogens is 1. The molecular weight excluding hydrogens is 542 g/mol. The van der Waals surface area contributed by atoms with Crippen LogP contribution in [0.1, 0.15) is 23.7 Å². The summed E-state index contributed by atoms with van der Waals surface area (Å²) in [5.74, 6) is 0.0509. The molecular formula is C27H22BrN3O2S2. The molecule has 5 rings (SSSR count). The number of nitrogens with one attached hydrogen (secondary N) is 2. The fourth-order valence-electron chi connectivity index (χ4n) is 3.53. The molecule has 1 atom stereocenters. The van der Waals surface area contributed by atoms with Crippen LogP contribution in [-0.4, -0.2) is 16.8 Å². The first-order chi connectivity index (χ1) is 17.0. The third kappa shape index (κ3) is 6.20. The highest BCUT2D eigenvalue weighted by molar-refractivity contribution is 9.10. The highest BCUT2D eigenvalue weighted by Crippen LogP contribution is 2.38. The van der Waals surface area contributed by atoms with Gasteiger partial charge in [-0.3, -0.25) is 9.59 Å². The summed E-state index contributed by atoms with van der Waals surface area (Å²) in [6.07, 6.45) is 1.91. The minimum Gasteiger partial charge on any atom is -0.326 e. The number of rotatable bonds is 8. The van der Waals surface area contributed by atoms with Crippen LogP contribution >= 0.6 is 39.0 Å². The van der Waals surface area contributed by atoms with Gasteiger partial charge in [0.25, 0.3) is 0 Å². The Morgan fingerprint density at radius 1 is 0.971 bits per heavy atom. The molecule has 0 radical (unpaired) electrons. The van der Waals surface area contributed by atoms with E-state index in [-0.39, 0.29) is 17.7 Å². The Balaban J connectivity index is 1.33. The monoisotopic (exact) mass is 563 g/mol. The van der Waals surface area contributed by atoms with E-state index in [0.29, 0.717) is 5.13 Å². The Hall–Kier alpha value is -2.94. The number of anilines is 2. The Labute approximate surface area is 220 Å². The molecule has 0 saturated heterocycles. The van der Waals surface area contributed by atoms with E-state index in [1.54, 1.807) is 0 Å². The number of thioether (sulfide) groups is 1. The lowest BCUT2D eigenvalue weighted by molar-refractivity contribution is -0.117. The molecule has 3 aromatic carbocycles. The molecule has 1 aromatic heterocycles. The number of benzene rings is 3. The van der Waals surface area contributed by atoms with Gasteiger partial charge in [0.15, 0.2) is 5.13 Å². The van der Waals surface area contributed by atoms with Crippen LogP contribution in [0.25, 0.3) is 11.3 Å². The number of aromatic nitrogens is 1.